The number of hydrogen-bond acceptors (Lipinski definition) is 9. The second kappa shape index (κ2) is 11.0. The monoisotopic (exact) mass is 523 g/mol. The summed E-state index contributed by atoms with van der Waals surface area (Å²) in [6.07, 6.45) is 5.39. The van der Waals surface area contributed by atoms with Gasteiger partial charge in [0.05, 0.1) is 0 Å². The number of carbonyl (C=O) groups excluding carboxylic acids is 1. The van der Waals surface area contributed by atoms with E-state index in [0.717, 1.165) is 30.6 Å². The Hall–Kier alpha value is -4.60. The lowest BCUT2D eigenvalue weighted by Gasteiger charge is -2.33. The molecule has 1 amide bonds. The van der Waals surface area contributed by atoms with Gasteiger partial charge in [-0.3, -0.25) is 4.79 Å². The molecule has 0 radical (unpaired) electrons. The summed E-state index contributed by atoms with van der Waals surface area (Å²) in [6, 6.07) is 18.1. The van der Waals surface area contributed by atoms with Gasteiger partial charge < -0.3 is 21.3 Å². The molecule has 1 fully saturated rings. The highest BCUT2D eigenvalue weighted by Gasteiger charge is 2.24. The molecule has 1 unspecified atom stereocenters. The van der Waals surface area contributed by atoms with Gasteiger partial charge in [-0.1, -0.05) is 45.0 Å². The minimum Gasteiger partial charge on any atom is -0.381 e. The zero-order valence-electron chi connectivity index (χ0n) is 22.4. The van der Waals surface area contributed by atoms with Crippen LogP contribution in [0.3, 0.4) is 0 Å². The second-order valence-electron chi connectivity index (χ2n) is 10.7. The Morgan fingerprint density at radius 1 is 1.00 bits per heavy atom. The number of anilines is 4. The first-order valence-corrected chi connectivity index (χ1v) is 13.1. The predicted molar refractivity (Wildman–Crippen MR) is 153 cm³/mol. The van der Waals surface area contributed by atoms with Crippen molar-refractivity contribution in [2.75, 3.05) is 28.6 Å². The van der Waals surface area contributed by atoms with Crippen molar-refractivity contribution in [2.45, 2.75) is 45.1 Å². The van der Waals surface area contributed by atoms with Gasteiger partial charge in [0.2, 0.25) is 5.95 Å². The molecule has 1 atom stereocenters. The van der Waals surface area contributed by atoms with Gasteiger partial charge in [0.1, 0.15) is 0 Å². The number of piperidine rings is 1. The third-order valence-electron chi connectivity index (χ3n) is 6.68. The molecule has 1 aliphatic rings. The van der Waals surface area contributed by atoms with Crippen LogP contribution in [0.2, 0.25) is 0 Å². The van der Waals surface area contributed by atoms with E-state index in [-0.39, 0.29) is 23.0 Å². The Morgan fingerprint density at radius 2 is 1.77 bits per heavy atom. The Kier molecular flexibility index (Phi) is 7.36. The van der Waals surface area contributed by atoms with E-state index in [0.29, 0.717) is 24.0 Å². The number of nitrogens with one attached hydrogen (secondary N) is 2. The van der Waals surface area contributed by atoms with Crippen LogP contribution in [0.1, 0.15) is 49.7 Å². The van der Waals surface area contributed by atoms with Crippen molar-refractivity contribution < 1.29 is 4.79 Å². The predicted octanol–water partition coefficient (Wildman–Crippen LogP) is 4.55. The van der Waals surface area contributed by atoms with Crippen molar-refractivity contribution >= 4 is 29.0 Å². The zero-order valence-corrected chi connectivity index (χ0v) is 22.4. The maximum Gasteiger partial charge on any atom is 0.273 e. The van der Waals surface area contributed by atoms with Crippen LogP contribution in [0.25, 0.3) is 11.4 Å². The summed E-state index contributed by atoms with van der Waals surface area (Å²) in [5.74, 6) is 0.590. The van der Waals surface area contributed by atoms with Crippen molar-refractivity contribution in [3.63, 3.8) is 0 Å². The minimum absolute atomic E-state index is 0.0225. The molecule has 1 saturated heterocycles. The van der Waals surface area contributed by atoms with E-state index in [9.17, 15) is 4.79 Å². The van der Waals surface area contributed by atoms with Crippen LogP contribution in [0.5, 0.6) is 0 Å². The molecule has 200 valence electrons. The highest BCUT2D eigenvalue weighted by atomic mass is 16.1. The van der Waals surface area contributed by atoms with Crippen molar-refractivity contribution in [3.05, 3.63) is 78.2 Å². The standard InChI is InChI=1S/C29H33N9O/c1-29(2,3)20-10-12-21(13-11-20)33-23-9-5-16-38(18-23)28-35-27(24(25(30)39)36-37-28)34-22-8-4-7-19(17-22)26-31-14-6-15-32-26/h4,6-8,10-15,17,23,33H,5,9,16,18H2,1-3H3,(H2,30,39)(H,34,35,37). The quantitative estimate of drug-likeness (QED) is 0.319. The van der Waals surface area contributed by atoms with E-state index < -0.39 is 5.91 Å². The summed E-state index contributed by atoms with van der Waals surface area (Å²) in [5, 5.41) is 15.2. The molecule has 39 heavy (non-hydrogen) atoms. The van der Waals surface area contributed by atoms with E-state index >= 15 is 0 Å². The van der Waals surface area contributed by atoms with Gasteiger partial charge >= 0.3 is 0 Å². The van der Waals surface area contributed by atoms with Crippen molar-refractivity contribution in [1.82, 2.24) is 25.1 Å². The Labute approximate surface area is 228 Å². The normalized spacial score (nSPS) is 15.6. The highest BCUT2D eigenvalue weighted by Crippen LogP contribution is 2.27. The van der Waals surface area contributed by atoms with Gasteiger partial charge in [0, 0.05) is 48.5 Å². The number of primary amides is 1. The Morgan fingerprint density at radius 3 is 2.49 bits per heavy atom. The Balaban J connectivity index is 1.33. The van der Waals surface area contributed by atoms with Gasteiger partial charge in [-0.25, -0.2) is 9.97 Å². The van der Waals surface area contributed by atoms with E-state index in [1.54, 1.807) is 18.5 Å². The molecular formula is C29H33N9O. The van der Waals surface area contributed by atoms with Crippen LogP contribution in [0, 0.1) is 0 Å². The van der Waals surface area contributed by atoms with Gasteiger partial charge in [0.15, 0.2) is 17.3 Å². The van der Waals surface area contributed by atoms with Crippen LogP contribution in [-0.4, -0.2) is 50.2 Å². The number of hydrogen-bond donors (Lipinski definition) is 3. The fraction of sp³-hybridized carbons (Fsp3) is 0.310. The van der Waals surface area contributed by atoms with Crippen LogP contribution >= 0.6 is 0 Å². The number of aromatic nitrogens is 5. The summed E-state index contributed by atoms with van der Waals surface area (Å²) in [5.41, 5.74) is 9.60. The zero-order chi connectivity index (χ0) is 27.4. The van der Waals surface area contributed by atoms with Gasteiger partial charge in [-0.15, -0.1) is 10.2 Å². The van der Waals surface area contributed by atoms with Gasteiger partial charge in [0.25, 0.3) is 5.91 Å². The van der Waals surface area contributed by atoms with Crippen LogP contribution in [0.4, 0.5) is 23.1 Å². The summed E-state index contributed by atoms with van der Waals surface area (Å²) in [6.45, 7) is 8.13. The third kappa shape index (κ3) is 6.28. The Bertz CT molecular complexity index is 1440. The number of nitrogens with two attached hydrogens (primary N) is 1. The SMILES string of the molecule is CC(C)(C)c1ccc(NC2CCCN(c3nnc(C(N)=O)c(Nc4cccc(-c5ncccn5)c4)n3)C2)cc1. The number of amides is 1. The van der Waals surface area contributed by atoms with Gasteiger partial charge in [-0.2, -0.15) is 4.98 Å². The first-order chi connectivity index (χ1) is 18.8. The first-order valence-electron chi connectivity index (χ1n) is 13.1. The lowest BCUT2D eigenvalue weighted by atomic mass is 9.87. The molecule has 2 aromatic heterocycles. The first kappa shape index (κ1) is 26.0. The van der Waals surface area contributed by atoms with Crippen LogP contribution < -0.4 is 21.3 Å². The largest absolute Gasteiger partial charge is 0.381 e. The number of carbonyl (C=O) groups is 1. The molecule has 0 spiro atoms. The molecule has 0 saturated carbocycles. The number of nitrogens with zero attached hydrogens (tertiary/aromatic N) is 6. The lowest BCUT2D eigenvalue weighted by molar-refractivity contribution is 0.0995. The van der Waals surface area contributed by atoms with Crippen molar-refractivity contribution in [2.24, 2.45) is 5.73 Å². The smallest absolute Gasteiger partial charge is 0.273 e. The van der Waals surface area contributed by atoms with E-state index in [4.69, 9.17) is 5.73 Å². The molecule has 1 aliphatic heterocycles. The molecule has 4 N–H and O–H groups in total. The lowest BCUT2D eigenvalue weighted by Crippen LogP contribution is -2.43. The number of benzene rings is 2. The van der Waals surface area contributed by atoms with Crippen molar-refractivity contribution in [3.8, 4) is 11.4 Å². The van der Waals surface area contributed by atoms with E-state index in [2.05, 4.69) is 85.7 Å². The average Bonchev–Trinajstić information content (AvgIpc) is 2.93. The molecule has 0 aliphatic carbocycles. The number of rotatable bonds is 7. The van der Waals surface area contributed by atoms with E-state index in [1.807, 2.05) is 24.3 Å². The molecule has 10 heteroatoms. The molecule has 10 nitrogen and oxygen atoms in total. The minimum atomic E-state index is -0.705. The van der Waals surface area contributed by atoms with E-state index in [1.165, 1.54) is 5.56 Å². The van der Waals surface area contributed by atoms with Crippen LogP contribution in [-0.2, 0) is 5.41 Å². The summed E-state index contributed by atoms with van der Waals surface area (Å²) < 4.78 is 0. The molecule has 0 bridgehead atoms. The summed E-state index contributed by atoms with van der Waals surface area (Å²) >= 11 is 0. The van der Waals surface area contributed by atoms with Gasteiger partial charge in [-0.05, 0) is 54.2 Å². The average molecular weight is 524 g/mol. The maximum absolute atomic E-state index is 12.1. The van der Waals surface area contributed by atoms with Crippen LogP contribution in [0.15, 0.2) is 67.0 Å². The summed E-state index contributed by atoms with van der Waals surface area (Å²) in [4.78, 5) is 27.5. The molecule has 2 aromatic carbocycles. The molecular weight excluding hydrogens is 490 g/mol. The third-order valence-corrected chi connectivity index (χ3v) is 6.68. The maximum atomic E-state index is 12.1. The molecule has 5 rings (SSSR count). The molecule has 3 heterocycles. The fourth-order valence-electron chi connectivity index (χ4n) is 4.60. The fourth-order valence-corrected chi connectivity index (χ4v) is 4.60. The highest BCUT2D eigenvalue weighted by molar-refractivity contribution is 5.96. The second-order valence-corrected chi connectivity index (χ2v) is 10.7. The molecule has 4 aromatic rings. The topological polar surface area (TPSA) is 135 Å². The summed E-state index contributed by atoms with van der Waals surface area (Å²) in [7, 11) is 0. The van der Waals surface area contributed by atoms with Crippen molar-refractivity contribution in [1.29, 1.82) is 0 Å².